The van der Waals surface area contributed by atoms with Crippen molar-refractivity contribution in [1.29, 1.82) is 0 Å². The number of nitrogens with one attached hydrogen (secondary N) is 2. The molecular weight excluding hydrogens is 571 g/mol. The summed E-state index contributed by atoms with van der Waals surface area (Å²) in [6.07, 6.45) is 4.91. The summed E-state index contributed by atoms with van der Waals surface area (Å²) in [7, 11) is 1.77. The molecule has 2 amide bonds. The average molecular weight is 590 g/mol. The zero-order valence-electron chi connectivity index (χ0n) is 16.9. The fourth-order valence-electron chi connectivity index (χ4n) is 3.73. The zero-order chi connectivity index (χ0) is 22.8. The number of hydrogen-bond acceptors (Lipinski definition) is 4. The third kappa shape index (κ3) is 4.92. The molecule has 0 saturated carbocycles. The summed E-state index contributed by atoms with van der Waals surface area (Å²) in [6, 6.07) is 5.57. The molecule has 0 fully saturated rings. The van der Waals surface area contributed by atoms with E-state index in [0.717, 1.165) is 11.1 Å². The van der Waals surface area contributed by atoms with Crippen LogP contribution >= 0.6 is 40.0 Å². The van der Waals surface area contributed by atoms with Gasteiger partial charge in [-0.1, -0.05) is 11.6 Å². The molecule has 2 heterocycles. The number of aromatic nitrogens is 3. The van der Waals surface area contributed by atoms with Gasteiger partial charge in [0.2, 0.25) is 0 Å². The van der Waals surface area contributed by atoms with E-state index in [4.69, 9.17) is 16.3 Å². The van der Waals surface area contributed by atoms with E-state index in [9.17, 15) is 14.0 Å². The Labute approximate surface area is 203 Å². The van der Waals surface area contributed by atoms with Gasteiger partial charge >= 0.3 is 6.09 Å². The number of aryl methyl sites for hydroxylation is 1. The van der Waals surface area contributed by atoms with Crippen molar-refractivity contribution in [2.24, 2.45) is 7.05 Å². The van der Waals surface area contributed by atoms with E-state index in [1.807, 2.05) is 18.5 Å². The molecule has 4 rings (SSSR count). The van der Waals surface area contributed by atoms with Crippen LogP contribution in [0.2, 0.25) is 5.02 Å². The number of carbonyl (C=O) groups is 2. The lowest BCUT2D eigenvalue weighted by Crippen LogP contribution is -2.27. The topological polar surface area (TPSA) is 90.2 Å². The number of benzene rings is 1. The van der Waals surface area contributed by atoms with Crippen molar-refractivity contribution in [2.75, 3.05) is 5.32 Å². The van der Waals surface area contributed by atoms with Gasteiger partial charge in [-0.2, -0.15) is 5.10 Å². The predicted molar refractivity (Wildman–Crippen MR) is 129 cm³/mol. The summed E-state index contributed by atoms with van der Waals surface area (Å²) >= 11 is 8.02. The molecule has 2 aromatic heterocycles. The van der Waals surface area contributed by atoms with Crippen LogP contribution in [0.4, 0.5) is 14.9 Å². The van der Waals surface area contributed by atoms with Gasteiger partial charge in [0.1, 0.15) is 23.8 Å². The molecule has 2 atom stereocenters. The molecular formula is C20H19ClFIN5O3P. The van der Waals surface area contributed by atoms with Crippen LogP contribution in [0.15, 0.2) is 36.7 Å². The van der Waals surface area contributed by atoms with Crippen LogP contribution < -0.4 is 10.6 Å². The largest absolute Gasteiger partial charge is 0.443 e. The maximum Gasteiger partial charge on any atom is 0.408 e. The van der Waals surface area contributed by atoms with Crippen LogP contribution in [0.25, 0.3) is 0 Å². The molecule has 2 N–H and O–H groups in total. The molecule has 1 aliphatic rings. The van der Waals surface area contributed by atoms with E-state index in [1.54, 1.807) is 16.1 Å². The molecule has 168 valence electrons. The van der Waals surface area contributed by atoms with Crippen LogP contribution in [0.3, 0.4) is 0 Å². The summed E-state index contributed by atoms with van der Waals surface area (Å²) < 4.78 is 22.2. The highest BCUT2D eigenvalue weighted by Crippen LogP contribution is 2.35. The Bertz CT molecular complexity index is 1180. The first-order valence-corrected chi connectivity index (χ1v) is 14.1. The number of anilines is 1. The number of rotatable bonds is 6. The number of carbonyl (C=O) groups excluding carboxylic acids is 2. The van der Waals surface area contributed by atoms with Gasteiger partial charge < -0.3 is 19.9 Å². The van der Waals surface area contributed by atoms with Crippen molar-refractivity contribution in [3.05, 3.63) is 70.0 Å². The van der Waals surface area contributed by atoms with E-state index >= 15 is 0 Å². The number of amides is 2. The van der Waals surface area contributed by atoms with Gasteiger partial charge in [0.05, 0.1) is 17.4 Å². The second-order valence-corrected chi connectivity index (χ2v) is 9.74. The molecule has 12 heteroatoms. The lowest BCUT2D eigenvalue weighted by molar-refractivity contribution is 0.101. The molecule has 32 heavy (non-hydrogen) atoms. The van der Waals surface area contributed by atoms with Crippen LogP contribution in [0, 0.1) is 5.82 Å². The quantitative estimate of drug-likeness (QED) is 0.314. The molecule has 0 spiro atoms. The third-order valence-electron chi connectivity index (χ3n) is 5.14. The van der Waals surface area contributed by atoms with Crippen molar-refractivity contribution >= 4 is 57.7 Å². The molecule has 0 aliphatic heterocycles. The Kier molecular flexibility index (Phi) is 7.02. The van der Waals surface area contributed by atoms with Crippen molar-refractivity contribution < 1.29 is 18.7 Å². The summed E-state index contributed by atoms with van der Waals surface area (Å²) in [5.74, 6) is -0.879. The molecule has 1 aromatic carbocycles. The Morgan fingerprint density at radius 3 is 2.94 bits per heavy atom. The molecule has 8 nitrogen and oxygen atoms in total. The molecule has 0 saturated heterocycles. The van der Waals surface area contributed by atoms with Crippen molar-refractivity contribution in [3.8, 4) is 0 Å². The van der Waals surface area contributed by atoms with Gasteiger partial charge in [0, 0.05) is 25.1 Å². The van der Waals surface area contributed by atoms with E-state index in [0.29, 0.717) is 36.3 Å². The number of nitrogens with zero attached hydrogens (tertiary/aromatic N) is 3. The van der Waals surface area contributed by atoms with Gasteiger partial charge in [0.15, 0.2) is 0 Å². The molecule has 3 aromatic rings. The standard InChI is InChI=1S/C20H19ClFIN5O3P/c1-27-9-14-13(18(27)19(29)24-11-2-4-16(22)15(21)8-11)3-5-17(14)25-20(30)31-10-12-6-7-28(26-12)32-23/h2,4,6-9,17,32H,3,5,10H2,1H3,(H,24,29)(H,25,30). The van der Waals surface area contributed by atoms with E-state index < -0.39 is 11.9 Å². The van der Waals surface area contributed by atoms with Gasteiger partial charge in [-0.15, -0.1) is 0 Å². The fraction of sp³-hybridized carbons (Fsp3) is 0.250. The van der Waals surface area contributed by atoms with Crippen LogP contribution in [0.5, 0.6) is 0 Å². The minimum Gasteiger partial charge on any atom is -0.443 e. The number of fused-ring (bicyclic) bond motifs is 1. The summed E-state index contributed by atoms with van der Waals surface area (Å²) in [6.45, 7) is 0.0855. The smallest absolute Gasteiger partial charge is 0.408 e. The molecule has 0 radical (unpaired) electrons. The first-order valence-electron chi connectivity index (χ1n) is 9.64. The summed E-state index contributed by atoms with van der Waals surface area (Å²) in [5.41, 5.74) is 3.31. The van der Waals surface area contributed by atoms with E-state index in [-0.39, 0.29) is 23.6 Å². The molecule has 2 unspecified atom stereocenters. The Morgan fingerprint density at radius 1 is 1.41 bits per heavy atom. The minimum absolute atomic E-state index is 0.0656. The maximum absolute atomic E-state index is 13.4. The van der Waals surface area contributed by atoms with Crippen molar-refractivity contribution in [3.63, 3.8) is 0 Å². The van der Waals surface area contributed by atoms with E-state index in [2.05, 4.69) is 37.8 Å². The van der Waals surface area contributed by atoms with Crippen molar-refractivity contribution in [1.82, 2.24) is 19.4 Å². The van der Waals surface area contributed by atoms with Gasteiger partial charge in [-0.25, -0.2) is 13.6 Å². The maximum atomic E-state index is 13.4. The SMILES string of the molecule is Cn1cc2c(c1C(=O)Nc1ccc(F)c(Cl)c1)CCC2NC(=O)OCc1ccn(PI)n1. The lowest BCUT2D eigenvalue weighted by atomic mass is 10.1. The molecule has 1 aliphatic carbocycles. The highest BCUT2D eigenvalue weighted by Gasteiger charge is 2.31. The van der Waals surface area contributed by atoms with Crippen LogP contribution in [0.1, 0.15) is 39.8 Å². The summed E-state index contributed by atoms with van der Waals surface area (Å²) in [5, 5.41) is 9.84. The Balaban J connectivity index is 1.41. The number of alkyl carbamates (subject to hydrolysis) is 1. The molecule has 0 bridgehead atoms. The van der Waals surface area contributed by atoms with Crippen molar-refractivity contribution in [2.45, 2.75) is 25.5 Å². The Hall–Kier alpha value is -2.17. The first kappa shape index (κ1) is 23.0. The van der Waals surface area contributed by atoms with E-state index in [1.165, 1.54) is 18.2 Å². The second-order valence-electron chi connectivity index (χ2n) is 7.25. The predicted octanol–water partition coefficient (Wildman–Crippen LogP) is 4.97. The number of ether oxygens (including phenoxy) is 1. The highest BCUT2D eigenvalue weighted by atomic mass is 127. The van der Waals surface area contributed by atoms with Gasteiger partial charge in [0.25, 0.3) is 5.91 Å². The average Bonchev–Trinajstić information content (AvgIpc) is 3.45. The normalized spacial score (nSPS) is 15.2. The number of hydrogen-bond donors (Lipinski definition) is 2. The third-order valence-corrected chi connectivity index (χ3v) is 7.34. The zero-order valence-corrected chi connectivity index (χ0v) is 20.8. The minimum atomic E-state index is -0.552. The monoisotopic (exact) mass is 589 g/mol. The Morgan fingerprint density at radius 2 is 2.22 bits per heavy atom. The van der Waals surface area contributed by atoms with Gasteiger partial charge in [-0.3, -0.25) is 4.79 Å². The summed E-state index contributed by atoms with van der Waals surface area (Å²) in [4.78, 5) is 25.2. The fourth-order valence-corrected chi connectivity index (χ4v) is 5.01. The second kappa shape index (κ2) is 9.76. The highest BCUT2D eigenvalue weighted by molar-refractivity contribution is 14.2. The first-order chi connectivity index (χ1) is 15.4. The number of halogens is 3. The van der Waals surface area contributed by atoms with Crippen LogP contribution in [-0.4, -0.2) is 26.1 Å². The lowest BCUT2D eigenvalue weighted by Gasteiger charge is -2.12. The van der Waals surface area contributed by atoms with Gasteiger partial charge in [-0.05, 0) is 70.3 Å². The van der Waals surface area contributed by atoms with Crippen LogP contribution in [-0.2, 0) is 24.8 Å².